The van der Waals surface area contributed by atoms with E-state index in [2.05, 4.69) is 20.2 Å². The van der Waals surface area contributed by atoms with Gasteiger partial charge in [-0.15, -0.1) is 10.2 Å². The molecular weight excluding hydrogens is 462 g/mol. The summed E-state index contributed by atoms with van der Waals surface area (Å²) in [6.07, 6.45) is 0. The second-order valence-electron chi connectivity index (χ2n) is 8.14. The lowest BCUT2D eigenvalue weighted by molar-refractivity contribution is -0.115. The Morgan fingerprint density at radius 1 is 1.03 bits per heavy atom. The van der Waals surface area contributed by atoms with Gasteiger partial charge in [0.1, 0.15) is 0 Å². The molecule has 2 heterocycles. The molecule has 3 aromatic carbocycles. The third kappa shape index (κ3) is 4.45. The van der Waals surface area contributed by atoms with Crippen LogP contribution in [0.15, 0.2) is 86.9 Å². The van der Waals surface area contributed by atoms with Gasteiger partial charge in [0.15, 0.2) is 10.8 Å². The number of para-hydroxylation sites is 1. The Kier molecular flexibility index (Phi) is 5.92. The van der Waals surface area contributed by atoms with Gasteiger partial charge in [0.25, 0.3) is 11.5 Å². The van der Waals surface area contributed by atoms with E-state index in [1.54, 1.807) is 6.07 Å². The van der Waals surface area contributed by atoms with E-state index in [-0.39, 0.29) is 22.9 Å². The molecule has 0 aliphatic carbocycles. The number of thioether (sulfide) groups is 1. The number of aryl methyl sites for hydroxylation is 2. The van der Waals surface area contributed by atoms with Crippen LogP contribution in [0.25, 0.3) is 27.5 Å². The van der Waals surface area contributed by atoms with E-state index >= 15 is 0 Å². The Morgan fingerprint density at radius 3 is 2.51 bits per heavy atom. The molecule has 8 nitrogen and oxygen atoms in total. The molecule has 5 rings (SSSR count). The number of aromatic hydroxyl groups is 1. The molecule has 9 heteroatoms. The smallest absolute Gasteiger partial charge is 0.275 e. The fourth-order valence-electron chi connectivity index (χ4n) is 3.82. The largest absolute Gasteiger partial charge is 0.493 e. The van der Waals surface area contributed by atoms with Crippen LogP contribution in [0, 0.1) is 13.8 Å². The second-order valence-corrected chi connectivity index (χ2v) is 9.09. The molecule has 0 saturated heterocycles. The van der Waals surface area contributed by atoms with Crippen molar-refractivity contribution in [3.05, 3.63) is 88.2 Å². The first-order chi connectivity index (χ1) is 16.9. The zero-order valence-electron chi connectivity index (χ0n) is 19.0. The molecule has 2 aromatic heterocycles. The standard InChI is InChI=1S/C26H21N5O3S/c1-15-8-10-20-18(12-15)23(24(33)27-20)30-29-22(32)14-35-26-28-21-11-9-16(2)13-19(21)25(34)31(26)17-6-4-3-5-7-17/h3-13,27,33H,14H2,1-2H3. The van der Waals surface area contributed by atoms with Gasteiger partial charge >= 0.3 is 0 Å². The predicted molar refractivity (Wildman–Crippen MR) is 137 cm³/mol. The quantitative estimate of drug-likeness (QED) is 0.192. The summed E-state index contributed by atoms with van der Waals surface area (Å²) < 4.78 is 1.51. The number of azo groups is 1. The minimum atomic E-state index is -0.519. The van der Waals surface area contributed by atoms with Crippen LogP contribution in [-0.2, 0) is 4.79 Å². The van der Waals surface area contributed by atoms with Crippen molar-refractivity contribution in [3.8, 4) is 11.6 Å². The van der Waals surface area contributed by atoms with Crippen LogP contribution < -0.4 is 5.56 Å². The molecular formula is C26H21N5O3S. The summed E-state index contributed by atoms with van der Waals surface area (Å²) in [7, 11) is 0. The Bertz CT molecular complexity index is 1670. The number of hydrogen-bond donors (Lipinski definition) is 2. The van der Waals surface area contributed by atoms with Crippen LogP contribution in [0.2, 0.25) is 0 Å². The van der Waals surface area contributed by atoms with E-state index in [1.165, 1.54) is 4.57 Å². The molecule has 0 fully saturated rings. The summed E-state index contributed by atoms with van der Waals surface area (Å²) in [4.78, 5) is 33.4. The van der Waals surface area contributed by atoms with Crippen molar-refractivity contribution in [1.82, 2.24) is 14.5 Å². The van der Waals surface area contributed by atoms with Gasteiger partial charge in [-0.3, -0.25) is 14.2 Å². The summed E-state index contributed by atoms with van der Waals surface area (Å²) in [5.74, 6) is -0.754. The van der Waals surface area contributed by atoms with E-state index in [0.717, 1.165) is 22.9 Å². The number of nitrogens with zero attached hydrogens (tertiary/aromatic N) is 4. The van der Waals surface area contributed by atoms with Gasteiger partial charge in [0, 0.05) is 5.39 Å². The van der Waals surface area contributed by atoms with E-state index < -0.39 is 5.91 Å². The van der Waals surface area contributed by atoms with Crippen LogP contribution in [-0.4, -0.2) is 31.3 Å². The third-order valence-corrected chi connectivity index (χ3v) is 6.42. The molecule has 0 aliphatic heterocycles. The minimum absolute atomic E-state index is 0.0811. The zero-order chi connectivity index (χ0) is 24.5. The van der Waals surface area contributed by atoms with E-state index in [0.29, 0.717) is 32.6 Å². The normalized spacial score (nSPS) is 11.6. The molecule has 0 radical (unpaired) electrons. The minimum Gasteiger partial charge on any atom is -0.493 e. The van der Waals surface area contributed by atoms with Gasteiger partial charge in [-0.1, -0.05) is 53.2 Å². The summed E-state index contributed by atoms with van der Waals surface area (Å²) in [5.41, 5.74) is 3.87. The number of carbonyl (C=O) groups is 1. The van der Waals surface area contributed by atoms with Crippen LogP contribution in [0.1, 0.15) is 11.1 Å². The highest BCUT2D eigenvalue weighted by atomic mass is 32.2. The highest BCUT2D eigenvalue weighted by molar-refractivity contribution is 7.99. The number of fused-ring (bicyclic) bond motifs is 2. The Balaban J connectivity index is 1.46. The fraction of sp³-hybridized carbons (Fsp3) is 0.115. The van der Waals surface area contributed by atoms with Gasteiger partial charge in [0.05, 0.1) is 27.9 Å². The van der Waals surface area contributed by atoms with Gasteiger partial charge in [0.2, 0.25) is 5.88 Å². The third-order valence-electron chi connectivity index (χ3n) is 5.50. The number of nitrogens with one attached hydrogen (secondary N) is 1. The summed E-state index contributed by atoms with van der Waals surface area (Å²) in [6.45, 7) is 3.85. The first kappa shape index (κ1) is 22.5. The van der Waals surface area contributed by atoms with Crippen LogP contribution in [0.3, 0.4) is 0 Å². The summed E-state index contributed by atoms with van der Waals surface area (Å²) in [6, 6.07) is 20.3. The lowest BCUT2D eigenvalue weighted by Gasteiger charge is -2.12. The van der Waals surface area contributed by atoms with Crippen LogP contribution in [0.4, 0.5) is 5.69 Å². The molecule has 174 valence electrons. The van der Waals surface area contributed by atoms with Crippen LogP contribution >= 0.6 is 11.8 Å². The monoisotopic (exact) mass is 483 g/mol. The molecule has 0 bridgehead atoms. The number of hydrogen-bond acceptors (Lipinski definition) is 6. The maximum Gasteiger partial charge on any atom is 0.275 e. The molecule has 0 unspecified atom stereocenters. The SMILES string of the molecule is Cc1ccc2[nH]c(O)c(N=NC(=O)CSc3nc4ccc(C)cc4c(=O)n3-c3ccccc3)c2c1. The number of H-pyrrole nitrogens is 1. The number of amides is 1. The van der Waals surface area contributed by atoms with E-state index in [4.69, 9.17) is 0 Å². The van der Waals surface area contributed by atoms with Crippen molar-refractivity contribution >= 4 is 45.2 Å². The van der Waals surface area contributed by atoms with Crippen molar-refractivity contribution < 1.29 is 9.90 Å². The number of benzene rings is 3. The maximum absolute atomic E-state index is 13.4. The topological polar surface area (TPSA) is 113 Å². The molecule has 5 aromatic rings. The molecule has 0 atom stereocenters. The Labute approximate surface area is 204 Å². The molecule has 2 N–H and O–H groups in total. The van der Waals surface area contributed by atoms with Crippen molar-refractivity contribution in [2.24, 2.45) is 10.2 Å². The fourth-order valence-corrected chi connectivity index (χ4v) is 4.61. The van der Waals surface area contributed by atoms with Crippen LogP contribution in [0.5, 0.6) is 5.88 Å². The number of rotatable bonds is 5. The average molecular weight is 484 g/mol. The van der Waals surface area contributed by atoms with Gasteiger partial charge in [-0.05, 0) is 50.2 Å². The second kappa shape index (κ2) is 9.19. The molecule has 0 aliphatic rings. The lowest BCUT2D eigenvalue weighted by atomic mass is 10.1. The Morgan fingerprint density at radius 2 is 1.74 bits per heavy atom. The van der Waals surface area contributed by atoms with Crippen molar-refractivity contribution in [3.63, 3.8) is 0 Å². The highest BCUT2D eigenvalue weighted by Gasteiger charge is 2.16. The highest BCUT2D eigenvalue weighted by Crippen LogP contribution is 2.36. The van der Waals surface area contributed by atoms with Gasteiger partial charge in [-0.2, -0.15) is 0 Å². The van der Waals surface area contributed by atoms with Crippen molar-refractivity contribution in [1.29, 1.82) is 0 Å². The average Bonchev–Trinajstić information content (AvgIpc) is 3.16. The van der Waals surface area contributed by atoms with Gasteiger partial charge in [-0.25, -0.2) is 4.98 Å². The van der Waals surface area contributed by atoms with Gasteiger partial charge < -0.3 is 10.1 Å². The number of aromatic amines is 1. The molecule has 0 saturated carbocycles. The summed E-state index contributed by atoms with van der Waals surface area (Å²) >= 11 is 1.11. The molecule has 0 spiro atoms. The maximum atomic E-state index is 13.4. The van der Waals surface area contributed by atoms with Crippen molar-refractivity contribution in [2.75, 3.05) is 5.75 Å². The molecule has 1 amide bonds. The number of carbonyl (C=O) groups excluding carboxylic acids is 1. The lowest BCUT2D eigenvalue weighted by Crippen LogP contribution is -2.22. The summed E-state index contributed by atoms with van der Waals surface area (Å²) in [5, 5.41) is 19.5. The predicted octanol–water partition coefficient (Wildman–Crippen LogP) is 5.59. The molecule has 35 heavy (non-hydrogen) atoms. The first-order valence-corrected chi connectivity index (χ1v) is 11.9. The van der Waals surface area contributed by atoms with E-state index in [9.17, 15) is 14.7 Å². The Hall–Kier alpha value is -4.24. The van der Waals surface area contributed by atoms with Crippen molar-refractivity contribution in [2.45, 2.75) is 19.0 Å². The first-order valence-electron chi connectivity index (χ1n) is 10.9. The van der Waals surface area contributed by atoms with E-state index in [1.807, 2.05) is 74.5 Å². The number of aromatic nitrogens is 3. The zero-order valence-corrected chi connectivity index (χ0v) is 19.8.